The molecule has 4 rings (SSSR count). The monoisotopic (exact) mass is 479 g/mol. The first kappa shape index (κ1) is 21.7. The number of carbonyl (C=O) groups is 1. The Bertz CT molecular complexity index is 1370. The Hall–Kier alpha value is -3.51. The highest BCUT2D eigenvalue weighted by Gasteiger charge is 2.20. The molecular formula is C19H13ClF3N7OS. The molecule has 164 valence electrons. The van der Waals surface area contributed by atoms with Gasteiger partial charge in [-0.15, -0.1) is 0 Å². The molecule has 0 atom stereocenters. The van der Waals surface area contributed by atoms with E-state index in [2.05, 4.69) is 33.0 Å². The smallest absolute Gasteiger partial charge is 0.280 e. The fourth-order valence-corrected chi connectivity index (χ4v) is 3.45. The van der Waals surface area contributed by atoms with Gasteiger partial charge in [0.05, 0.1) is 11.2 Å². The number of aromatic nitrogens is 4. The van der Waals surface area contributed by atoms with Crippen LogP contribution >= 0.6 is 24.2 Å². The number of nitrogens with zero attached hydrogens (tertiary/aromatic N) is 4. The van der Waals surface area contributed by atoms with Crippen LogP contribution in [-0.2, 0) is 6.42 Å². The van der Waals surface area contributed by atoms with Gasteiger partial charge in [-0.2, -0.15) is 19.7 Å². The molecular weight excluding hydrogens is 467 g/mol. The number of rotatable bonds is 4. The fraction of sp³-hybridized carbons (Fsp3) is 0.0526. The largest absolute Gasteiger partial charge is 0.382 e. The third kappa shape index (κ3) is 4.01. The lowest BCUT2D eigenvalue weighted by molar-refractivity contribution is 0.270. The van der Waals surface area contributed by atoms with E-state index in [4.69, 9.17) is 23.1 Å². The zero-order valence-electron chi connectivity index (χ0n) is 15.9. The Kier molecular flexibility index (Phi) is 5.57. The number of thiol groups is 1. The molecule has 0 aliphatic carbocycles. The first-order valence-corrected chi connectivity index (χ1v) is 9.70. The summed E-state index contributed by atoms with van der Waals surface area (Å²) < 4.78 is 42.8. The molecule has 0 aliphatic rings. The van der Waals surface area contributed by atoms with Crippen LogP contribution in [0.2, 0.25) is 5.02 Å². The lowest BCUT2D eigenvalue weighted by Crippen LogP contribution is -2.14. The normalized spacial score (nSPS) is 11.2. The summed E-state index contributed by atoms with van der Waals surface area (Å²) in [5.74, 6) is -3.77. The minimum absolute atomic E-state index is 0.0224. The number of halogens is 4. The SMILES string of the molecule is Nc1nc(-n2nc(Cc3cc(F)cc(F)c3F)c3cc(Cl)ccc32)nc(N)c1NC(=O)S. The number of nitrogens with two attached hydrogens (primary N) is 2. The summed E-state index contributed by atoms with van der Waals surface area (Å²) in [6, 6.07) is 6.09. The Morgan fingerprint density at radius 3 is 2.47 bits per heavy atom. The fourth-order valence-electron chi connectivity index (χ4n) is 3.17. The van der Waals surface area contributed by atoms with Gasteiger partial charge >= 0.3 is 0 Å². The summed E-state index contributed by atoms with van der Waals surface area (Å²) >= 11 is 9.70. The standard InChI is InChI=1S/C19H13ClF3N7OS/c20-8-1-2-13-10(5-8)12(4-7-3-9(21)6-11(22)14(7)23)29-30(13)18-27-16(24)15(17(25)28-18)26-19(31)32/h1-3,5-6H,4H2,(H2,26,31,32)(H4,24,25,27,28). The number of fused-ring (bicyclic) bond motifs is 1. The average molecular weight is 480 g/mol. The average Bonchev–Trinajstić information content (AvgIpc) is 3.05. The molecule has 0 saturated heterocycles. The van der Waals surface area contributed by atoms with E-state index in [1.165, 1.54) is 4.68 Å². The molecule has 0 bridgehead atoms. The van der Waals surface area contributed by atoms with Crippen LogP contribution in [-0.4, -0.2) is 25.0 Å². The number of nitrogens with one attached hydrogen (secondary N) is 1. The van der Waals surface area contributed by atoms with Crippen LogP contribution in [0.25, 0.3) is 16.9 Å². The van der Waals surface area contributed by atoms with E-state index >= 15 is 0 Å². The number of hydrogen-bond acceptors (Lipinski definition) is 6. The van der Waals surface area contributed by atoms with Crippen LogP contribution in [0.15, 0.2) is 30.3 Å². The topological polar surface area (TPSA) is 125 Å². The van der Waals surface area contributed by atoms with E-state index in [1.54, 1.807) is 18.2 Å². The van der Waals surface area contributed by atoms with Crippen molar-refractivity contribution < 1.29 is 18.0 Å². The molecule has 32 heavy (non-hydrogen) atoms. The van der Waals surface area contributed by atoms with Crippen LogP contribution < -0.4 is 16.8 Å². The van der Waals surface area contributed by atoms with E-state index in [-0.39, 0.29) is 40.9 Å². The van der Waals surface area contributed by atoms with Gasteiger partial charge in [0.15, 0.2) is 23.3 Å². The van der Waals surface area contributed by atoms with Crippen LogP contribution in [0.5, 0.6) is 0 Å². The van der Waals surface area contributed by atoms with Crippen molar-refractivity contribution in [2.75, 3.05) is 16.8 Å². The second-order valence-electron chi connectivity index (χ2n) is 6.66. The van der Waals surface area contributed by atoms with E-state index in [1.807, 2.05) is 0 Å². The Labute approximate surface area is 188 Å². The van der Waals surface area contributed by atoms with E-state index in [0.29, 0.717) is 22.0 Å². The maximum atomic E-state index is 14.2. The summed E-state index contributed by atoms with van der Waals surface area (Å²) in [4.78, 5) is 19.4. The second-order valence-corrected chi connectivity index (χ2v) is 7.50. The minimum atomic E-state index is -1.31. The molecule has 0 aliphatic heterocycles. The zero-order valence-corrected chi connectivity index (χ0v) is 17.6. The minimum Gasteiger partial charge on any atom is -0.382 e. The predicted molar refractivity (Wildman–Crippen MR) is 118 cm³/mol. The van der Waals surface area contributed by atoms with Gasteiger partial charge in [0.25, 0.3) is 11.2 Å². The highest BCUT2D eigenvalue weighted by Crippen LogP contribution is 2.29. The van der Waals surface area contributed by atoms with Crippen molar-refractivity contribution in [3.05, 3.63) is 64.1 Å². The number of hydrogen-bond donors (Lipinski definition) is 4. The van der Waals surface area contributed by atoms with Gasteiger partial charge in [0.1, 0.15) is 11.5 Å². The summed E-state index contributed by atoms with van der Waals surface area (Å²) in [6.07, 6.45) is -0.247. The number of anilines is 3. The zero-order chi connectivity index (χ0) is 23.2. The van der Waals surface area contributed by atoms with Crippen molar-refractivity contribution in [1.82, 2.24) is 19.7 Å². The van der Waals surface area contributed by atoms with Crippen LogP contribution in [0.3, 0.4) is 0 Å². The molecule has 0 unspecified atom stereocenters. The lowest BCUT2D eigenvalue weighted by atomic mass is 10.1. The van der Waals surface area contributed by atoms with Crippen LogP contribution in [0, 0.1) is 17.5 Å². The van der Waals surface area contributed by atoms with Gasteiger partial charge < -0.3 is 16.8 Å². The molecule has 0 saturated carbocycles. The Morgan fingerprint density at radius 2 is 1.81 bits per heavy atom. The van der Waals surface area contributed by atoms with Crippen molar-refractivity contribution in [3.63, 3.8) is 0 Å². The molecule has 2 aromatic heterocycles. The maximum absolute atomic E-state index is 14.2. The molecule has 2 heterocycles. The van der Waals surface area contributed by atoms with Gasteiger partial charge in [-0.05, 0) is 29.8 Å². The first-order chi connectivity index (χ1) is 15.1. The van der Waals surface area contributed by atoms with Gasteiger partial charge in [0.2, 0.25) is 0 Å². The predicted octanol–water partition coefficient (Wildman–Crippen LogP) is 4.10. The highest BCUT2D eigenvalue weighted by molar-refractivity contribution is 7.96. The Balaban J connectivity index is 1.87. The third-order valence-electron chi connectivity index (χ3n) is 4.52. The molecule has 0 spiro atoms. The number of nitrogen functional groups attached to an aromatic ring is 2. The van der Waals surface area contributed by atoms with Crippen molar-refractivity contribution in [2.45, 2.75) is 6.42 Å². The molecule has 8 nitrogen and oxygen atoms in total. The molecule has 0 radical (unpaired) electrons. The summed E-state index contributed by atoms with van der Waals surface area (Å²) in [5, 5.41) is 6.79. The molecule has 5 N–H and O–H groups in total. The molecule has 0 fully saturated rings. The highest BCUT2D eigenvalue weighted by atomic mass is 35.5. The van der Waals surface area contributed by atoms with Gasteiger partial charge in [-0.3, -0.25) is 4.79 Å². The van der Waals surface area contributed by atoms with Gasteiger partial charge in [-0.25, -0.2) is 13.2 Å². The lowest BCUT2D eigenvalue weighted by Gasteiger charge is -2.10. The van der Waals surface area contributed by atoms with E-state index < -0.39 is 22.7 Å². The van der Waals surface area contributed by atoms with E-state index in [0.717, 1.165) is 6.07 Å². The van der Waals surface area contributed by atoms with Crippen LogP contribution in [0.1, 0.15) is 11.3 Å². The second kappa shape index (κ2) is 8.20. The van der Waals surface area contributed by atoms with Crippen molar-refractivity contribution >= 4 is 57.7 Å². The maximum Gasteiger partial charge on any atom is 0.280 e. The molecule has 13 heteroatoms. The quantitative estimate of drug-likeness (QED) is 0.258. The number of benzene rings is 2. The van der Waals surface area contributed by atoms with Gasteiger partial charge in [-0.1, -0.05) is 24.2 Å². The van der Waals surface area contributed by atoms with Crippen molar-refractivity contribution in [1.29, 1.82) is 0 Å². The summed E-state index contributed by atoms with van der Waals surface area (Å²) in [5.41, 5.74) is 12.2. The van der Waals surface area contributed by atoms with Gasteiger partial charge in [0, 0.05) is 22.9 Å². The Morgan fingerprint density at radius 1 is 1.12 bits per heavy atom. The molecule has 4 aromatic rings. The number of amides is 1. The summed E-state index contributed by atoms with van der Waals surface area (Å²) in [6.45, 7) is 0. The van der Waals surface area contributed by atoms with Crippen LogP contribution in [0.4, 0.5) is 35.3 Å². The van der Waals surface area contributed by atoms with E-state index in [9.17, 15) is 18.0 Å². The summed E-state index contributed by atoms with van der Waals surface area (Å²) in [7, 11) is 0. The molecule has 1 amide bonds. The number of carbonyl (C=O) groups excluding carboxylic acids is 1. The van der Waals surface area contributed by atoms with Crippen molar-refractivity contribution in [2.24, 2.45) is 0 Å². The molecule has 2 aromatic carbocycles. The first-order valence-electron chi connectivity index (χ1n) is 8.88. The third-order valence-corrected chi connectivity index (χ3v) is 4.87. The van der Waals surface area contributed by atoms with Crippen molar-refractivity contribution in [3.8, 4) is 5.95 Å².